The van der Waals surface area contributed by atoms with E-state index in [-0.39, 0.29) is 5.78 Å². The van der Waals surface area contributed by atoms with Crippen molar-refractivity contribution in [2.45, 2.75) is 6.04 Å². The molecule has 142 valence electrons. The standard InChI is InChI=1S/C19H16BrN5O3/c1-23(2)19-22-25(15(17(27)28)11-6-4-3-5-7-11)18-21-16(26)13-10-12(20)8-9-14(13)24(18)19/h3-10,15H,1-2H3,(H,27,28). The van der Waals surface area contributed by atoms with Gasteiger partial charge in [0.15, 0.2) is 6.04 Å². The Bertz CT molecular complexity index is 1260. The van der Waals surface area contributed by atoms with Gasteiger partial charge in [-0.05, 0) is 23.8 Å². The molecule has 28 heavy (non-hydrogen) atoms. The molecular formula is C19H16BrN5O3. The van der Waals surface area contributed by atoms with E-state index in [2.05, 4.69) is 26.0 Å². The molecule has 0 saturated heterocycles. The molecule has 0 aliphatic heterocycles. The molecule has 4 aromatic rings. The highest BCUT2D eigenvalue weighted by atomic mass is 79.9. The Labute approximate surface area is 167 Å². The van der Waals surface area contributed by atoms with Crippen LogP contribution in [-0.2, 0) is 4.79 Å². The van der Waals surface area contributed by atoms with Crippen molar-refractivity contribution in [1.82, 2.24) is 19.2 Å². The molecule has 8 nitrogen and oxygen atoms in total. The summed E-state index contributed by atoms with van der Waals surface area (Å²) in [4.78, 5) is 30.7. The maximum Gasteiger partial charge on any atom is 0.333 e. The molecule has 0 amide bonds. The summed E-state index contributed by atoms with van der Waals surface area (Å²) in [7, 11) is 3.60. The molecule has 2 aromatic heterocycles. The van der Waals surface area contributed by atoms with E-state index < -0.39 is 17.6 Å². The number of carbonyl (C=O) groups is 1. The van der Waals surface area contributed by atoms with Gasteiger partial charge in [-0.15, -0.1) is 5.10 Å². The molecule has 0 bridgehead atoms. The van der Waals surface area contributed by atoms with Crippen molar-refractivity contribution in [2.75, 3.05) is 19.0 Å². The summed E-state index contributed by atoms with van der Waals surface area (Å²) in [6.45, 7) is 0. The Morgan fingerprint density at radius 1 is 1.18 bits per heavy atom. The van der Waals surface area contributed by atoms with Gasteiger partial charge in [-0.25, -0.2) is 13.9 Å². The summed E-state index contributed by atoms with van der Waals surface area (Å²) in [6, 6.07) is 12.9. The van der Waals surface area contributed by atoms with Gasteiger partial charge in [0.2, 0.25) is 11.7 Å². The van der Waals surface area contributed by atoms with Crippen molar-refractivity contribution in [1.29, 1.82) is 0 Å². The number of carboxylic acids is 1. The van der Waals surface area contributed by atoms with Crippen LogP contribution in [0.5, 0.6) is 0 Å². The SMILES string of the molecule is CN(C)c1nn(C(C(=O)O)c2ccccc2)c2nc(=O)c3cc(Br)ccc3n12. The van der Waals surface area contributed by atoms with Crippen LogP contribution in [0.3, 0.4) is 0 Å². The van der Waals surface area contributed by atoms with E-state index in [4.69, 9.17) is 0 Å². The third-order valence-corrected chi connectivity index (χ3v) is 4.92. The highest BCUT2D eigenvalue weighted by Gasteiger charge is 2.28. The predicted molar refractivity (Wildman–Crippen MR) is 109 cm³/mol. The first-order valence-corrected chi connectivity index (χ1v) is 9.23. The third-order valence-electron chi connectivity index (χ3n) is 4.43. The van der Waals surface area contributed by atoms with Crippen molar-refractivity contribution in [3.05, 3.63) is 68.9 Å². The number of hydrogen-bond acceptors (Lipinski definition) is 5. The number of carboxylic acid groups (broad SMARTS) is 1. The summed E-state index contributed by atoms with van der Waals surface area (Å²) < 4.78 is 3.74. The lowest BCUT2D eigenvalue weighted by molar-refractivity contribution is -0.139. The molecular weight excluding hydrogens is 426 g/mol. The Morgan fingerprint density at radius 3 is 2.54 bits per heavy atom. The second kappa shape index (κ2) is 6.75. The van der Waals surface area contributed by atoms with Gasteiger partial charge in [0.25, 0.3) is 5.56 Å². The summed E-state index contributed by atoms with van der Waals surface area (Å²) in [5.74, 6) is -0.455. The van der Waals surface area contributed by atoms with Gasteiger partial charge in [-0.2, -0.15) is 4.98 Å². The molecule has 0 spiro atoms. The Hall–Kier alpha value is -3.20. The quantitative estimate of drug-likeness (QED) is 0.522. The van der Waals surface area contributed by atoms with Gasteiger partial charge in [0.05, 0.1) is 10.9 Å². The molecule has 2 aromatic carbocycles. The Balaban J connectivity index is 2.13. The van der Waals surface area contributed by atoms with Gasteiger partial charge in [-0.3, -0.25) is 4.79 Å². The number of rotatable bonds is 4. The highest BCUT2D eigenvalue weighted by Crippen LogP contribution is 2.26. The van der Waals surface area contributed by atoms with Gasteiger partial charge >= 0.3 is 5.97 Å². The van der Waals surface area contributed by atoms with Crippen LogP contribution in [0.15, 0.2) is 57.8 Å². The van der Waals surface area contributed by atoms with Gasteiger partial charge in [0.1, 0.15) is 0 Å². The molecule has 2 heterocycles. The van der Waals surface area contributed by atoms with Crippen LogP contribution in [0.4, 0.5) is 5.95 Å². The number of benzene rings is 2. The number of aliphatic carboxylic acids is 1. The summed E-state index contributed by atoms with van der Waals surface area (Å²) in [5.41, 5.74) is 0.695. The van der Waals surface area contributed by atoms with E-state index in [0.717, 1.165) is 4.47 Å². The van der Waals surface area contributed by atoms with Crippen LogP contribution in [0, 0.1) is 0 Å². The van der Waals surface area contributed by atoms with Crippen LogP contribution in [0.2, 0.25) is 0 Å². The first-order valence-electron chi connectivity index (χ1n) is 8.44. The van der Waals surface area contributed by atoms with Crippen LogP contribution in [-0.4, -0.2) is 44.3 Å². The first kappa shape index (κ1) is 18.2. The van der Waals surface area contributed by atoms with Gasteiger partial charge in [-0.1, -0.05) is 46.3 Å². The van der Waals surface area contributed by atoms with Crippen molar-refractivity contribution in [3.63, 3.8) is 0 Å². The number of hydrogen-bond donors (Lipinski definition) is 1. The monoisotopic (exact) mass is 441 g/mol. The molecule has 0 saturated carbocycles. The average Bonchev–Trinajstić information content (AvgIpc) is 3.02. The summed E-state index contributed by atoms with van der Waals surface area (Å²) >= 11 is 3.37. The minimum atomic E-state index is -1.12. The number of anilines is 1. The lowest BCUT2D eigenvalue weighted by Gasteiger charge is -2.13. The number of nitrogens with zero attached hydrogens (tertiary/aromatic N) is 5. The molecule has 1 atom stereocenters. The van der Waals surface area contributed by atoms with E-state index in [1.165, 1.54) is 4.68 Å². The van der Waals surface area contributed by atoms with Crippen LogP contribution >= 0.6 is 15.9 Å². The smallest absolute Gasteiger partial charge is 0.333 e. The maximum atomic E-state index is 12.7. The topological polar surface area (TPSA) is 92.7 Å². The second-order valence-corrected chi connectivity index (χ2v) is 7.42. The Morgan fingerprint density at radius 2 is 1.89 bits per heavy atom. The minimum absolute atomic E-state index is 0.166. The fraction of sp³-hybridized carbons (Fsp3) is 0.158. The van der Waals surface area contributed by atoms with Gasteiger partial charge in [0, 0.05) is 18.6 Å². The van der Waals surface area contributed by atoms with E-state index in [1.54, 1.807) is 59.8 Å². The predicted octanol–water partition coefficient (Wildman–Crippen LogP) is 2.55. The summed E-state index contributed by atoms with van der Waals surface area (Å²) in [5, 5.41) is 14.8. The van der Waals surface area contributed by atoms with Crippen LogP contribution in [0.1, 0.15) is 11.6 Å². The molecule has 0 aliphatic carbocycles. The fourth-order valence-corrected chi connectivity index (χ4v) is 3.57. The molecule has 0 radical (unpaired) electrons. The molecule has 4 rings (SSSR count). The zero-order valence-electron chi connectivity index (χ0n) is 15.1. The molecule has 0 fully saturated rings. The first-order chi connectivity index (χ1) is 13.4. The molecule has 9 heteroatoms. The minimum Gasteiger partial charge on any atom is -0.479 e. The van der Waals surface area contributed by atoms with Crippen LogP contribution in [0.25, 0.3) is 16.7 Å². The fourth-order valence-electron chi connectivity index (χ4n) is 3.21. The number of halogens is 1. The Kier molecular flexibility index (Phi) is 4.38. The highest BCUT2D eigenvalue weighted by molar-refractivity contribution is 9.10. The normalized spacial score (nSPS) is 12.4. The number of fused-ring (bicyclic) bond motifs is 3. The molecule has 0 aliphatic rings. The van der Waals surface area contributed by atoms with E-state index in [0.29, 0.717) is 22.4 Å². The lowest BCUT2D eigenvalue weighted by Crippen LogP contribution is -2.23. The van der Waals surface area contributed by atoms with Crippen molar-refractivity contribution in [3.8, 4) is 0 Å². The van der Waals surface area contributed by atoms with Crippen LogP contribution < -0.4 is 10.5 Å². The third kappa shape index (κ3) is 2.84. The zero-order chi connectivity index (χ0) is 20.0. The van der Waals surface area contributed by atoms with E-state index in [1.807, 2.05) is 12.1 Å². The van der Waals surface area contributed by atoms with Crippen molar-refractivity contribution >= 4 is 44.5 Å². The maximum absolute atomic E-state index is 12.7. The van der Waals surface area contributed by atoms with E-state index in [9.17, 15) is 14.7 Å². The van der Waals surface area contributed by atoms with Crippen molar-refractivity contribution in [2.24, 2.45) is 0 Å². The van der Waals surface area contributed by atoms with Crippen molar-refractivity contribution < 1.29 is 9.90 Å². The van der Waals surface area contributed by atoms with Gasteiger partial charge < -0.3 is 10.0 Å². The molecule has 1 unspecified atom stereocenters. The second-order valence-electron chi connectivity index (χ2n) is 6.50. The average molecular weight is 442 g/mol. The largest absolute Gasteiger partial charge is 0.479 e. The molecule has 1 N–H and O–H groups in total. The number of aromatic nitrogens is 4. The zero-order valence-corrected chi connectivity index (χ0v) is 16.7. The lowest BCUT2D eigenvalue weighted by atomic mass is 10.1. The summed E-state index contributed by atoms with van der Waals surface area (Å²) in [6.07, 6.45) is 0. The van der Waals surface area contributed by atoms with E-state index >= 15 is 0 Å².